The molecule has 0 amide bonds. The number of aromatic amines is 1. The van der Waals surface area contributed by atoms with Crippen molar-refractivity contribution < 1.29 is 8.42 Å². The summed E-state index contributed by atoms with van der Waals surface area (Å²) in [5.41, 5.74) is 7.14. The van der Waals surface area contributed by atoms with Gasteiger partial charge in [-0.25, -0.2) is 13.6 Å². The van der Waals surface area contributed by atoms with Gasteiger partial charge in [-0.1, -0.05) is 12.1 Å². The van der Waals surface area contributed by atoms with E-state index in [0.717, 1.165) is 16.5 Å². The van der Waals surface area contributed by atoms with Gasteiger partial charge in [-0.05, 0) is 17.7 Å². The van der Waals surface area contributed by atoms with Gasteiger partial charge in [0, 0.05) is 17.4 Å². The summed E-state index contributed by atoms with van der Waals surface area (Å²) >= 11 is 0. The molecule has 5 nitrogen and oxygen atoms in total. The average molecular weight is 225 g/mol. The van der Waals surface area contributed by atoms with Crippen molar-refractivity contribution >= 4 is 20.9 Å². The van der Waals surface area contributed by atoms with E-state index in [9.17, 15) is 8.42 Å². The van der Waals surface area contributed by atoms with Gasteiger partial charge >= 0.3 is 0 Å². The summed E-state index contributed by atoms with van der Waals surface area (Å²) in [6, 6.07) is 6.97. The number of nitrogens with two attached hydrogens (primary N) is 2. The van der Waals surface area contributed by atoms with Gasteiger partial charge in [-0.2, -0.15) is 0 Å². The predicted molar refractivity (Wildman–Crippen MR) is 57.6 cm³/mol. The minimum absolute atomic E-state index is 0.0201. The number of nitrogens with one attached hydrogen (secondary N) is 1. The van der Waals surface area contributed by atoms with Crippen LogP contribution in [-0.2, 0) is 16.6 Å². The Hall–Kier alpha value is -1.37. The van der Waals surface area contributed by atoms with Gasteiger partial charge in [-0.3, -0.25) is 0 Å². The fourth-order valence-electron chi connectivity index (χ4n) is 1.43. The Morgan fingerprint density at radius 1 is 1.27 bits per heavy atom. The number of aromatic nitrogens is 1. The van der Waals surface area contributed by atoms with Crippen molar-refractivity contribution in [1.29, 1.82) is 0 Å². The molecule has 0 saturated heterocycles. The number of benzene rings is 1. The molecular weight excluding hydrogens is 214 g/mol. The van der Waals surface area contributed by atoms with Crippen LogP contribution < -0.4 is 10.9 Å². The summed E-state index contributed by atoms with van der Waals surface area (Å²) in [5.74, 6) is 0. The quantitative estimate of drug-likeness (QED) is 0.683. The SMILES string of the molecule is NCc1ccc2cc(S(N)(=O)=O)[nH]c2c1. The first-order valence-corrected chi connectivity index (χ1v) is 5.90. The van der Waals surface area contributed by atoms with Crippen molar-refractivity contribution in [2.75, 3.05) is 0 Å². The maximum absolute atomic E-state index is 11.1. The van der Waals surface area contributed by atoms with Crippen LogP contribution in [0.3, 0.4) is 0 Å². The van der Waals surface area contributed by atoms with Crippen LogP contribution in [0.25, 0.3) is 10.9 Å². The molecule has 0 saturated carbocycles. The monoisotopic (exact) mass is 225 g/mol. The molecule has 15 heavy (non-hydrogen) atoms. The van der Waals surface area contributed by atoms with Crippen LogP contribution in [-0.4, -0.2) is 13.4 Å². The number of rotatable bonds is 2. The van der Waals surface area contributed by atoms with Gasteiger partial charge in [0.2, 0.25) is 0 Å². The summed E-state index contributed by atoms with van der Waals surface area (Å²) < 4.78 is 22.2. The van der Waals surface area contributed by atoms with E-state index in [1.807, 2.05) is 18.2 Å². The fraction of sp³-hybridized carbons (Fsp3) is 0.111. The lowest BCUT2D eigenvalue weighted by atomic mass is 10.2. The normalized spacial score (nSPS) is 12.1. The Bertz CT molecular complexity index is 601. The lowest BCUT2D eigenvalue weighted by molar-refractivity contribution is 0.595. The summed E-state index contributed by atoms with van der Waals surface area (Å²) in [7, 11) is -3.67. The zero-order valence-electron chi connectivity index (χ0n) is 7.90. The minimum atomic E-state index is -3.67. The molecule has 0 aliphatic carbocycles. The van der Waals surface area contributed by atoms with Crippen molar-refractivity contribution in [2.45, 2.75) is 11.6 Å². The molecule has 5 N–H and O–H groups in total. The van der Waals surface area contributed by atoms with Gasteiger partial charge in [-0.15, -0.1) is 0 Å². The Morgan fingerprint density at radius 3 is 2.60 bits per heavy atom. The van der Waals surface area contributed by atoms with E-state index >= 15 is 0 Å². The molecule has 0 spiro atoms. The number of fused-ring (bicyclic) bond motifs is 1. The van der Waals surface area contributed by atoms with Gasteiger partial charge in [0.05, 0.1) is 0 Å². The summed E-state index contributed by atoms with van der Waals surface area (Å²) in [5, 5.41) is 5.83. The predicted octanol–water partition coefficient (Wildman–Crippen LogP) is 0.274. The molecule has 0 aliphatic rings. The van der Waals surface area contributed by atoms with Crippen LogP contribution >= 0.6 is 0 Å². The van der Waals surface area contributed by atoms with Gasteiger partial charge in [0.1, 0.15) is 5.03 Å². The molecule has 1 aromatic carbocycles. The van der Waals surface area contributed by atoms with E-state index in [4.69, 9.17) is 10.9 Å². The molecule has 1 aromatic heterocycles. The van der Waals surface area contributed by atoms with E-state index in [1.54, 1.807) is 0 Å². The molecular formula is C9H11N3O2S. The van der Waals surface area contributed by atoms with E-state index in [1.165, 1.54) is 6.07 Å². The number of sulfonamides is 1. The van der Waals surface area contributed by atoms with Crippen LogP contribution in [0.15, 0.2) is 29.3 Å². The molecule has 0 fully saturated rings. The first kappa shape index (κ1) is 10.2. The highest BCUT2D eigenvalue weighted by atomic mass is 32.2. The first-order chi connectivity index (χ1) is 7.00. The van der Waals surface area contributed by atoms with Crippen molar-refractivity contribution in [3.05, 3.63) is 29.8 Å². The van der Waals surface area contributed by atoms with E-state index in [-0.39, 0.29) is 5.03 Å². The molecule has 0 bridgehead atoms. The number of hydrogen-bond acceptors (Lipinski definition) is 3. The van der Waals surface area contributed by atoms with Gasteiger partial charge in [0.25, 0.3) is 10.0 Å². The van der Waals surface area contributed by atoms with Crippen LogP contribution in [0.5, 0.6) is 0 Å². The van der Waals surface area contributed by atoms with Gasteiger partial charge in [0.15, 0.2) is 0 Å². The zero-order chi connectivity index (χ0) is 11.1. The van der Waals surface area contributed by atoms with E-state index in [0.29, 0.717) is 6.54 Å². The molecule has 0 atom stereocenters. The summed E-state index contributed by atoms with van der Waals surface area (Å²) in [6.07, 6.45) is 0. The molecule has 1 heterocycles. The molecule has 0 radical (unpaired) electrons. The first-order valence-electron chi connectivity index (χ1n) is 4.35. The smallest absolute Gasteiger partial charge is 0.253 e. The Morgan fingerprint density at radius 2 is 2.00 bits per heavy atom. The lowest BCUT2D eigenvalue weighted by Crippen LogP contribution is -2.12. The summed E-state index contributed by atoms with van der Waals surface area (Å²) in [4.78, 5) is 2.74. The maximum atomic E-state index is 11.1. The van der Waals surface area contributed by atoms with Crippen LogP contribution in [0.2, 0.25) is 0 Å². The molecule has 2 aromatic rings. The Labute approximate surface area is 87.1 Å². The van der Waals surface area contributed by atoms with Crippen LogP contribution in [0, 0.1) is 0 Å². The van der Waals surface area contributed by atoms with Crippen LogP contribution in [0.1, 0.15) is 5.56 Å². The number of H-pyrrole nitrogens is 1. The zero-order valence-corrected chi connectivity index (χ0v) is 8.71. The fourth-order valence-corrected chi connectivity index (χ4v) is 1.97. The highest BCUT2D eigenvalue weighted by Crippen LogP contribution is 2.18. The lowest BCUT2D eigenvalue weighted by Gasteiger charge is -1.95. The minimum Gasteiger partial charge on any atom is -0.345 e. The largest absolute Gasteiger partial charge is 0.345 e. The second-order valence-corrected chi connectivity index (χ2v) is 4.83. The maximum Gasteiger partial charge on any atom is 0.253 e. The third kappa shape index (κ3) is 1.87. The highest BCUT2D eigenvalue weighted by Gasteiger charge is 2.11. The Balaban J connectivity index is 2.66. The second kappa shape index (κ2) is 3.34. The number of hydrogen-bond donors (Lipinski definition) is 3. The molecule has 2 rings (SSSR count). The molecule has 6 heteroatoms. The topological polar surface area (TPSA) is 102 Å². The van der Waals surface area contributed by atoms with Crippen molar-refractivity contribution in [3.8, 4) is 0 Å². The molecule has 80 valence electrons. The number of primary sulfonamides is 1. The third-order valence-electron chi connectivity index (χ3n) is 2.20. The summed E-state index contributed by atoms with van der Waals surface area (Å²) in [6.45, 7) is 0.416. The second-order valence-electron chi connectivity index (χ2n) is 3.30. The highest BCUT2D eigenvalue weighted by molar-refractivity contribution is 7.89. The molecule has 0 aliphatic heterocycles. The molecule has 0 unspecified atom stereocenters. The van der Waals surface area contributed by atoms with Crippen molar-refractivity contribution in [1.82, 2.24) is 4.98 Å². The average Bonchev–Trinajstić information content (AvgIpc) is 2.59. The third-order valence-corrected chi connectivity index (χ3v) is 3.04. The van der Waals surface area contributed by atoms with Gasteiger partial charge < -0.3 is 10.7 Å². The van der Waals surface area contributed by atoms with E-state index < -0.39 is 10.0 Å². The standard InChI is InChI=1S/C9H11N3O2S/c10-5-6-1-2-7-4-9(15(11,13)14)12-8(7)3-6/h1-4,12H,5,10H2,(H2,11,13,14). The van der Waals surface area contributed by atoms with Crippen molar-refractivity contribution in [3.63, 3.8) is 0 Å². The van der Waals surface area contributed by atoms with Crippen LogP contribution in [0.4, 0.5) is 0 Å². The Kier molecular flexibility index (Phi) is 2.26. The van der Waals surface area contributed by atoms with Crippen molar-refractivity contribution in [2.24, 2.45) is 10.9 Å². The van der Waals surface area contributed by atoms with E-state index in [2.05, 4.69) is 4.98 Å².